The average molecular weight is 435 g/mol. The number of hydrogen-bond donors (Lipinski definition) is 4. The molecule has 0 radical (unpaired) electrons. The minimum atomic E-state index is -0.401. The van der Waals surface area contributed by atoms with Crippen LogP contribution < -0.4 is 26.2 Å². The Kier molecular flexibility index (Phi) is 6.76. The third-order valence-electron chi connectivity index (χ3n) is 5.40. The summed E-state index contributed by atoms with van der Waals surface area (Å²) < 4.78 is 5.87. The van der Waals surface area contributed by atoms with Crippen molar-refractivity contribution in [3.63, 3.8) is 0 Å². The molecule has 2 aromatic heterocycles. The predicted octanol–water partition coefficient (Wildman–Crippen LogP) is 2.50. The van der Waals surface area contributed by atoms with Crippen molar-refractivity contribution in [3.8, 4) is 17.0 Å². The second-order valence-electron chi connectivity index (χ2n) is 7.65. The number of amides is 1. The number of nitrogens with one attached hydrogen (secondary N) is 4. The van der Waals surface area contributed by atoms with Gasteiger partial charge in [0.25, 0.3) is 11.5 Å². The Morgan fingerprint density at radius 1 is 1.19 bits per heavy atom. The van der Waals surface area contributed by atoms with Crippen molar-refractivity contribution >= 4 is 17.4 Å². The lowest BCUT2D eigenvalue weighted by molar-refractivity contribution is 0.102. The second kappa shape index (κ2) is 10.1. The van der Waals surface area contributed by atoms with Gasteiger partial charge >= 0.3 is 0 Å². The van der Waals surface area contributed by atoms with Crippen molar-refractivity contribution in [1.29, 1.82) is 0 Å². The van der Waals surface area contributed by atoms with E-state index in [-0.39, 0.29) is 11.6 Å². The fourth-order valence-electron chi connectivity index (χ4n) is 3.51. The summed E-state index contributed by atoms with van der Waals surface area (Å²) in [6.45, 7) is 2.73. The van der Waals surface area contributed by atoms with Crippen LogP contribution in [0.25, 0.3) is 11.3 Å². The van der Waals surface area contributed by atoms with Crippen LogP contribution in [-0.2, 0) is 0 Å². The molecule has 1 aromatic carbocycles. The second-order valence-corrected chi connectivity index (χ2v) is 7.65. The van der Waals surface area contributed by atoms with E-state index in [9.17, 15) is 9.59 Å². The molecule has 3 heterocycles. The zero-order chi connectivity index (χ0) is 22.3. The molecule has 3 aromatic rings. The maximum Gasteiger partial charge on any atom is 0.271 e. The standard InChI is InChI=1S/C23H26N6O3/c1-24-21-13-26-12-20(28-21)17-10-19(23(31)27-11-17)29-22(30)16-2-4-18(5-3-16)32-14-15-6-8-25-9-7-15/h2-5,10-13,15,25H,6-9,14H2,1H3,(H,24,28)(H,27,31)(H,29,30). The predicted molar refractivity (Wildman–Crippen MR) is 123 cm³/mol. The van der Waals surface area contributed by atoms with E-state index in [0.717, 1.165) is 31.7 Å². The average Bonchev–Trinajstić information content (AvgIpc) is 2.85. The number of aromatic nitrogens is 3. The molecular weight excluding hydrogens is 408 g/mol. The number of pyridine rings is 1. The zero-order valence-corrected chi connectivity index (χ0v) is 17.9. The topological polar surface area (TPSA) is 121 Å². The van der Waals surface area contributed by atoms with Crippen molar-refractivity contribution in [3.05, 3.63) is 64.8 Å². The first-order valence-electron chi connectivity index (χ1n) is 10.6. The SMILES string of the molecule is CNc1cncc(-c2c[nH]c(=O)c(NC(=O)c3ccc(OCC4CCNCC4)cc3)c2)n1. The number of carbonyl (C=O) groups is 1. The molecule has 0 bridgehead atoms. The molecule has 0 unspecified atom stereocenters. The Labute approximate surface area is 185 Å². The van der Waals surface area contributed by atoms with E-state index in [1.807, 2.05) is 0 Å². The van der Waals surface area contributed by atoms with Gasteiger partial charge in [0.15, 0.2) is 0 Å². The molecule has 0 aliphatic carbocycles. The first-order chi connectivity index (χ1) is 15.6. The molecule has 32 heavy (non-hydrogen) atoms. The number of anilines is 2. The molecule has 0 spiro atoms. The highest BCUT2D eigenvalue weighted by atomic mass is 16.5. The lowest BCUT2D eigenvalue weighted by Gasteiger charge is -2.22. The van der Waals surface area contributed by atoms with Crippen molar-refractivity contribution in [2.75, 3.05) is 37.4 Å². The largest absolute Gasteiger partial charge is 0.493 e. The third-order valence-corrected chi connectivity index (χ3v) is 5.40. The van der Waals surface area contributed by atoms with Crippen molar-refractivity contribution in [1.82, 2.24) is 20.3 Å². The summed E-state index contributed by atoms with van der Waals surface area (Å²) in [6, 6.07) is 8.50. The van der Waals surface area contributed by atoms with Gasteiger partial charge in [-0.15, -0.1) is 0 Å². The molecule has 1 fully saturated rings. The van der Waals surface area contributed by atoms with Crippen LogP contribution in [0.1, 0.15) is 23.2 Å². The highest BCUT2D eigenvalue weighted by Gasteiger charge is 2.14. The van der Waals surface area contributed by atoms with Crippen LogP contribution in [0.2, 0.25) is 0 Å². The zero-order valence-electron chi connectivity index (χ0n) is 17.9. The maximum atomic E-state index is 12.7. The van der Waals surface area contributed by atoms with E-state index in [1.54, 1.807) is 49.8 Å². The minimum Gasteiger partial charge on any atom is -0.493 e. The highest BCUT2D eigenvalue weighted by Crippen LogP contribution is 2.20. The maximum absolute atomic E-state index is 12.7. The Morgan fingerprint density at radius 3 is 2.72 bits per heavy atom. The van der Waals surface area contributed by atoms with Crippen LogP contribution in [0.5, 0.6) is 5.75 Å². The number of nitrogens with zero attached hydrogens (tertiary/aromatic N) is 2. The lowest BCUT2D eigenvalue weighted by Crippen LogP contribution is -2.30. The highest BCUT2D eigenvalue weighted by molar-refractivity contribution is 6.04. The summed E-state index contributed by atoms with van der Waals surface area (Å²) in [5, 5.41) is 8.94. The van der Waals surface area contributed by atoms with Gasteiger partial charge in [0.1, 0.15) is 17.3 Å². The van der Waals surface area contributed by atoms with Crippen LogP contribution in [0.4, 0.5) is 11.5 Å². The van der Waals surface area contributed by atoms with Gasteiger partial charge in [-0.25, -0.2) is 4.98 Å². The molecule has 1 amide bonds. The lowest BCUT2D eigenvalue weighted by atomic mass is 9.99. The molecule has 4 rings (SSSR count). The number of ether oxygens (including phenoxy) is 1. The first-order valence-corrected chi connectivity index (χ1v) is 10.6. The smallest absolute Gasteiger partial charge is 0.271 e. The molecule has 1 aliphatic rings. The van der Waals surface area contributed by atoms with Gasteiger partial charge in [0, 0.05) is 24.4 Å². The summed E-state index contributed by atoms with van der Waals surface area (Å²) in [5.74, 6) is 1.49. The van der Waals surface area contributed by atoms with Crippen LogP contribution >= 0.6 is 0 Å². The van der Waals surface area contributed by atoms with E-state index in [4.69, 9.17) is 4.74 Å². The molecule has 0 atom stereocenters. The normalized spacial score (nSPS) is 14.0. The fraction of sp³-hybridized carbons (Fsp3) is 0.304. The quantitative estimate of drug-likeness (QED) is 0.451. The molecule has 4 N–H and O–H groups in total. The van der Waals surface area contributed by atoms with Gasteiger partial charge in [0.2, 0.25) is 0 Å². The molecule has 1 aliphatic heterocycles. The van der Waals surface area contributed by atoms with Gasteiger partial charge < -0.3 is 25.7 Å². The fourth-order valence-corrected chi connectivity index (χ4v) is 3.51. The van der Waals surface area contributed by atoms with Gasteiger partial charge in [0.05, 0.1) is 24.7 Å². The van der Waals surface area contributed by atoms with Crippen molar-refractivity contribution < 1.29 is 9.53 Å². The molecule has 0 saturated carbocycles. The Morgan fingerprint density at radius 2 is 1.97 bits per heavy atom. The van der Waals surface area contributed by atoms with E-state index in [2.05, 4.69) is 30.9 Å². The number of piperidine rings is 1. The monoisotopic (exact) mass is 434 g/mol. The van der Waals surface area contributed by atoms with E-state index < -0.39 is 5.56 Å². The van der Waals surface area contributed by atoms with Crippen LogP contribution in [0.3, 0.4) is 0 Å². The Balaban J connectivity index is 1.42. The summed E-state index contributed by atoms with van der Waals surface area (Å²) in [7, 11) is 1.75. The summed E-state index contributed by atoms with van der Waals surface area (Å²) in [5.41, 5.74) is 1.36. The van der Waals surface area contributed by atoms with E-state index in [0.29, 0.717) is 35.2 Å². The molecule has 1 saturated heterocycles. The van der Waals surface area contributed by atoms with Gasteiger partial charge in [-0.05, 0) is 62.2 Å². The first kappa shape index (κ1) is 21.5. The summed E-state index contributed by atoms with van der Waals surface area (Å²) in [6.07, 6.45) is 6.94. The summed E-state index contributed by atoms with van der Waals surface area (Å²) >= 11 is 0. The van der Waals surface area contributed by atoms with Crippen LogP contribution in [0, 0.1) is 5.92 Å². The minimum absolute atomic E-state index is 0.135. The van der Waals surface area contributed by atoms with Gasteiger partial charge in [-0.3, -0.25) is 14.6 Å². The summed E-state index contributed by atoms with van der Waals surface area (Å²) in [4.78, 5) is 36.1. The Bertz CT molecular complexity index is 1120. The molecular formula is C23H26N6O3. The Hall–Kier alpha value is -3.72. The van der Waals surface area contributed by atoms with E-state index in [1.165, 1.54) is 6.20 Å². The van der Waals surface area contributed by atoms with Crippen LogP contribution in [0.15, 0.2) is 53.7 Å². The number of rotatable bonds is 7. The number of H-pyrrole nitrogens is 1. The van der Waals surface area contributed by atoms with Gasteiger partial charge in [-0.2, -0.15) is 0 Å². The molecule has 9 heteroatoms. The molecule has 166 valence electrons. The van der Waals surface area contributed by atoms with Gasteiger partial charge in [-0.1, -0.05) is 0 Å². The molecule has 9 nitrogen and oxygen atoms in total. The van der Waals surface area contributed by atoms with E-state index >= 15 is 0 Å². The number of aromatic amines is 1. The van der Waals surface area contributed by atoms with Crippen LogP contribution in [-0.4, -0.2) is 47.6 Å². The van der Waals surface area contributed by atoms with Crippen molar-refractivity contribution in [2.45, 2.75) is 12.8 Å². The number of benzene rings is 1. The van der Waals surface area contributed by atoms with Crippen molar-refractivity contribution in [2.24, 2.45) is 5.92 Å². The number of carbonyl (C=O) groups excluding carboxylic acids is 1. The number of hydrogen-bond acceptors (Lipinski definition) is 7. The third kappa shape index (κ3) is 5.30.